The van der Waals surface area contributed by atoms with Gasteiger partial charge in [-0.05, 0) is 37.1 Å². The fraction of sp³-hybridized carbons (Fsp3) is 0.400. The Bertz CT molecular complexity index is 302. The van der Waals surface area contributed by atoms with E-state index < -0.39 is 11.4 Å². The number of halogens is 1. The molecule has 0 bridgehead atoms. The average Bonchev–Trinajstić information content (AvgIpc) is 2.01. The second-order valence-corrected chi connectivity index (χ2v) is 3.57. The van der Waals surface area contributed by atoms with Gasteiger partial charge < -0.3 is 10.2 Å². The zero-order chi connectivity index (χ0) is 10.1. The second-order valence-electron chi connectivity index (χ2n) is 3.57. The van der Waals surface area contributed by atoms with Crippen molar-refractivity contribution >= 4 is 0 Å². The van der Waals surface area contributed by atoms with Gasteiger partial charge in [0, 0.05) is 0 Å². The topological polar surface area (TPSA) is 40.5 Å². The summed E-state index contributed by atoms with van der Waals surface area (Å²) in [4.78, 5) is 0. The molecule has 2 N–H and O–H groups in total. The highest BCUT2D eigenvalue weighted by Crippen LogP contribution is 2.21. The zero-order valence-corrected chi connectivity index (χ0v) is 7.71. The molecule has 1 rings (SSSR count). The summed E-state index contributed by atoms with van der Waals surface area (Å²) in [6, 6.07) is 4.09. The summed E-state index contributed by atoms with van der Waals surface area (Å²) in [6.07, 6.45) is 0. The van der Waals surface area contributed by atoms with Crippen LogP contribution in [0.3, 0.4) is 0 Å². The lowest BCUT2D eigenvalue weighted by Gasteiger charge is -2.18. The number of hydrogen-bond acceptors (Lipinski definition) is 2. The van der Waals surface area contributed by atoms with Gasteiger partial charge in [-0.3, -0.25) is 0 Å². The van der Waals surface area contributed by atoms with Crippen molar-refractivity contribution in [2.75, 3.05) is 0 Å². The number of rotatable bonds is 2. The van der Waals surface area contributed by atoms with Crippen LogP contribution in [0.1, 0.15) is 25.0 Å². The predicted octanol–water partition coefficient (Wildman–Crippen LogP) is 1.55. The van der Waals surface area contributed by atoms with Crippen LogP contribution in [0.25, 0.3) is 0 Å². The van der Waals surface area contributed by atoms with Gasteiger partial charge in [-0.25, -0.2) is 4.39 Å². The van der Waals surface area contributed by atoms with Crippen LogP contribution in [0.15, 0.2) is 18.2 Å². The molecule has 2 nitrogen and oxygen atoms in total. The molecule has 0 aromatic heterocycles. The Kier molecular flexibility index (Phi) is 2.68. The molecule has 0 saturated carbocycles. The van der Waals surface area contributed by atoms with Crippen molar-refractivity contribution in [2.24, 2.45) is 0 Å². The van der Waals surface area contributed by atoms with Gasteiger partial charge in [-0.15, -0.1) is 0 Å². The smallest absolute Gasteiger partial charge is 0.123 e. The fourth-order valence-corrected chi connectivity index (χ4v) is 1.09. The van der Waals surface area contributed by atoms with Crippen LogP contribution < -0.4 is 0 Å². The van der Waals surface area contributed by atoms with E-state index in [9.17, 15) is 9.50 Å². The Morgan fingerprint density at radius 1 is 1.31 bits per heavy atom. The van der Waals surface area contributed by atoms with E-state index in [4.69, 9.17) is 5.11 Å². The molecule has 0 aliphatic carbocycles. The van der Waals surface area contributed by atoms with E-state index >= 15 is 0 Å². The summed E-state index contributed by atoms with van der Waals surface area (Å²) in [5.41, 5.74) is -0.139. The summed E-state index contributed by atoms with van der Waals surface area (Å²) in [5, 5.41) is 18.4. The summed E-state index contributed by atoms with van der Waals surface area (Å²) in [6.45, 7) is 2.92. The van der Waals surface area contributed by atoms with Crippen molar-refractivity contribution in [3.63, 3.8) is 0 Å². The monoisotopic (exact) mass is 184 g/mol. The Balaban J connectivity index is 3.16. The number of aliphatic hydroxyl groups is 2. The molecule has 0 fully saturated rings. The van der Waals surface area contributed by atoms with Crippen molar-refractivity contribution in [3.8, 4) is 0 Å². The lowest BCUT2D eigenvalue weighted by molar-refractivity contribution is 0.0780. The largest absolute Gasteiger partial charge is 0.392 e. The van der Waals surface area contributed by atoms with Crippen LogP contribution in [0, 0.1) is 5.82 Å². The third kappa shape index (κ3) is 2.50. The molecule has 0 aliphatic heterocycles. The molecule has 1 aromatic carbocycles. The summed E-state index contributed by atoms with van der Waals surface area (Å²) in [7, 11) is 0. The third-order valence-electron chi connectivity index (χ3n) is 1.85. The molecular weight excluding hydrogens is 171 g/mol. The molecule has 0 spiro atoms. The quantitative estimate of drug-likeness (QED) is 0.732. The Morgan fingerprint density at radius 3 is 2.38 bits per heavy atom. The van der Waals surface area contributed by atoms with Gasteiger partial charge in [0.2, 0.25) is 0 Å². The molecule has 0 heterocycles. The van der Waals surface area contributed by atoms with E-state index in [1.165, 1.54) is 12.1 Å². The Labute approximate surface area is 76.6 Å². The van der Waals surface area contributed by atoms with Crippen LogP contribution in [0.5, 0.6) is 0 Å². The number of hydrogen-bond donors (Lipinski definition) is 2. The maximum Gasteiger partial charge on any atom is 0.123 e. The molecule has 72 valence electrons. The highest BCUT2D eigenvalue weighted by molar-refractivity contribution is 5.27. The average molecular weight is 184 g/mol. The first kappa shape index (κ1) is 10.2. The lowest BCUT2D eigenvalue weighted by atomic mass is 9.96. The number of benzene rings is 1. The maximum atomic E-state index is 12.9. The van der Waals surface area contributed by atoms with Gasteiger partial charge in [-0.1, -0.05) is 6.07 Å². The van der Waals surface area contributed by atoms with E-state index in [1.54, 1.807) is 19.9 Å². The van der Waals surface area contributed by atoms with Crippen molar-refractivity contribution in [1.82, 2.24) is 0 Å². The molecule has 0 radical (unpaired) electrons. The van der Waals surface area contributed by atoms with Gasteiger partial charge >= 0.3 is 0 Å². The summed E-state index contributed by atoms with van der Waals surface area (Å²) < 4.78 is 12.9. The minimum Gasteiger partial charge on any atom is -0.392 e. The van der Waals surface area contributed by atoms with Crippen LogP contribution in [0.2, 0.25) is 0 Å². The molecule has 0 aliphatic rings. The minimum atomic E-state index is -1.08. The normalized spacial score (nSPS) is 11.8. The van der Waals surface area contributed by atoms with Crippen molar-refractivity contribution in [3.05, 3.63) is 35.1 Å². The standard InChI is InChI=1S/C10H13FO2/c1-10(2,13)8-3-7(6-12)4-9(11)5-8/h3-5,12-13H,6H2,1-2H3. The van der Waals surface area contributed by atoms with Gasteiger partial charge in [0.15, 0.2) is 0 Å². The van der Waals surface area contributed by atoms with Gasteiger partial charge in [0.25, 0.3) is 0 Å². The van der Waals surface area contributed by atoms with Gasteiger partial charge in [-0.2, -0.15) is 0 Å². The Morgan fingerprint density at radius 2 is 1.92 bits per heavy atom. The molecule has 0 amide bonds. The molecule has 0 atom stereocenters. The van der Waals surface area contributed by atoms with Crippen molar-refractivity contribution in [1.29, 1.82) is 0 Å². The van der Waals surface area contributed by atoms with Crippen LogP contribution >= 0.6 is 0 Å². The number of aliphatic hydroxyl groups excluding tert-OH is 1. The zero-order valence-electron chi connectivity index (χ0n) is 7.71. The molecule has 0 unspecified atom stereocenters. The first-order valence-corrected chi connectivity index (χ1v) is 4.06. The van der Waals surface area contributed by atoms with Gasteiger partial charge in [0.05, 0.1) is 12.2 Å². The van der Waals surface area contributed by atoms with Gasteiger partial charge in [0.1, 0.15) is 5.82 Å². The summed E-state index contributed by atoms with van der Waals surface area (Å²) >= 11 is 0. The van der Waals surface area contributed by atoms with Crippen LogP contribution in [0.4, 0.5) is 4.39 Å². The molecule has 13 heavy (non-hydrogen) atoms. The minimum absolute atomic E-state index is 0.221. The molecule has 0 saturated heterocycles. The highest BCUT2D eigenvalue weighted by atomic mass is 19.1. The lowest BCUT2D eigenvalue weighted by Crippen LogP contribution is -2.16. The van der Waals surface area contributed by atoms with E-state index in [0.29, 0.717) is 11.1 Å². The van der Waals surface area contributed by atoms with E-state index in [1.807, 2.05) is 0 Å². The SMILES string of the molecule is CC(C)(O)c1cc(F)cc(CO)c1. The van der Waals surface area contributed by atoms with Crippen LogP contribution in [-0.2, 0) is 12.2 Å². The van der Waals surface area contributed by atoms with Crippen molar-refractivity contribution < 1.29 is 14.6 Å². The highest BCUT2D eigenvalue weighted by Gasteiger charge is 2.17. The summed E-state index contributed by atoms with van der Waals surface area (Å²) in [5.74, 6) is -0.441. The first-order chi connectivity index (χ1) is 5.93. The molecule has 3 heteroatoms. The van der Waals surface area contributed by atoms with E-state index in [-0.39, 0.29) is 6.61 Å². The fourth-order valence-electron chi connectivity index (χ4n) is 1.09. The van der Waals surface area contributed by atoms with Crippen LogP contribution in [-0.4, -0.2) is 10.2 Å². The Hall–Kier alpha value is -0.930. The molecule has 1 aromatic rings. The third-order valence-corrected chi connectivity index (χ3v) is 1.85. The second kappa shape index (κ2) is 3.44. The molecular formula is C10H13FO2. The van der Waals surface area contributed by atoms with Crippen molar-refractivity contribution in [2.45, 2.75) is 26.1 Å². The van der Waals surface area contributed by atoms with E-state index in [2.05, 4.69) is 0 Å². The maximum absolute atomic E-state index is 12.9. The van der Waals surface area contributed by atoms with E-state index in [0.717, 1.165) is 0 Å². The first-order valence-electron chi connectivity index (χ1n) is 4.06. The predicted molar refractivity (Wildman–Crippen MR) is 47.6 cm³/mol.